The normalized spacial score (nSPS) is 10.4. The van der Waals surface area contributed by atoms with Crippen LogP contribution >= 0.6 is 11.6 Å². The summed E-state index contributed by atoms with van der Waals surface area (Å²) in [7, 11) is 0. The molecule has 0 saturated carbocycles. The summed E-state index contributed by atoms with van der Waals surface area (Å²) in [4.78, 5) is 0. The van der Waals surface area contributed by atoms with Gasteiger partial charge in [-0.25, -0.2) is 0 Å². The second-order valence-electron chi connectivity index (χ2n) is 2.24. The van der Waals surface area contributed by atoms with Crippen molar-refractivity contribution < 1.29 is 4.74 Å². The van der Waals surface area contributed by atoms with Crippen LogP contribution in [0.5, 0.6) is 5.75 Å². The van der Waals surface area contributed by atoms with E-state index in [1.54, 1.807) is 18.2 Å². The van der Waals surface area contributed by atoms with E-state index in [-0.39, 0.29) is 0 Å². The highest BCUT2D eigenvalue weighted by Crippen LogP contribution is 2.12. The Labute approximate surface area is 76.6 Å². The first kappa shape index (κ1) is 8.94. The van der Waals surface area contributed by atoms with Crippen molar-refractivity contribution in [3.8, 4) is 5.75 Å². The summed E-state index contributed by atoms with van der Waals surface area (Å²) in [5, 5.41) is 0. The third kappa shape index (κ3) is 2.84. The Morgan fingerprint density at radius 2 is 2.00 bits per heavy atom. The Morgan fingerprint density at radius 1 is 1.33 bits per heavy atom. The minimum atomic E-state index is 0.480. The average Bonchev–Trinajstić information content (AvgIpc) is 2.09. The Balaban J connectivity index is 2.47. The summed E-state index contributed by atoms with van der Waals surface area (Å²) < 4.78 is 5.27. The van der Waals surface area contributed by atoms with Crippen LogP contribution in [0.25, 0.3) is 0 Å². The summed E-state index contributed by atoms with van der Waals surface area (Å²) in [6, 6.07) is 7.22. The summed E-state index contributed by atoms with van der Waals surface area (Å²) in [5.74, 6) is 0.791. The minimum absolute atomic E-state index is 0.480. The standard InChI is InChI=1S/C9H10ClNO/c10-6-1-7-12-9-4-2-8(11)3-5-9/h1-6H,7,11H2/b6-1+. The summed E-state index contributed by atoms with van der Waals surface area (Å²) in [5.41, 5.74) is 7.65. The molecule has 0 saturated heterocycles. The number of hydrogen-bond donors (Lipinski definition) is 1. The quantitative estimate of drug-likeness (QED) is 0.731. The fourth-order valence-corrected chi connectivity index (χ4v) is 0.817. The molecule has 0 aliphatic heterocycles. The molecule has 1 rings (SSSR count). The van der Waals surface area contributed by atoms with E-state index in [1.165, 1.54) is 5.54 Å². The molecule has 2 nitrogen and oxygen atoms in total. The number of hydrogen-bond acceptors (Lipinski definition) is 2. The average molecular weight is 184 g/mol. The molecule has 0 fully saturated rings. The van der Waals surface area contributed by atoms with E-state index in [0.29, 0.717) is 6.61 Å². The molecule has 12 heavy (non-hydrogen) atoms. The van der Waals surface area contributed by atoms with E-state index in [1.807, 2.05) is 12.1 Å². The zero-order valence-electron chi connectivity index (χ0n) is 6.53. The summed E-state index contributed by atoms with van der Waals surface area (Å²) in [6.07, 6.45) is 1.72. The molecule has 0 aliphatic rings. The van der Waals surface area contributed by atoms with Crippen molar-refractivity contribution >= 4 is 17.3 Å². The van der Waals surface area contributed by atoms with Gasteiger partial charge in [0.1, 0.15) is 12.4 Å². The SMILES string of the molecule is Nc1ccc(OC/C=C/Cl)cc1. The molecule has 0 atom stereocenters. The fourth-order valence-electron chi connectivity index (χ4n) is 0.745. The van der Waals surface area contributed by atoms with Crippen LogP contribution in [-0.4, -0.2) is 6.61 Å². The van der Waals surface area contributed by atoms with Gasteiger partial charge in [-0.2, -0.15) is 0 Å². The van der Waals surface area contributed by atoms with Gasteiger partial charge >= 0.3 is 0 Å². The topological polar surface area (TPSA) is 35.2 Å². The van der Waals surface area contributed by atoms with Gasteiger partial charge in [0.05, 0.1) is 0 Å². The van der Waals surface area contributed by atoms with Crippen LogP contribution in [0.1, 0.15) is 0 Å². The Morgan fingerprint density at radius 3 is 2.58 bits per heavy atom. The molecule has 0 bridgehead atoms. The van der Waals surface area contributed by atoms with E-state index in [2.05, 4.69) is 0 Å². The lowest BCUT2D eigenvalue weighted by Gasteiger charge is -2.01. The van der Waals surface area contributed by atoms with Gasteiger partial charge in [-0.15, -0.1) is 0 Å². The minimum Gasteiger partial charge on any atom is -0.490 e. The van der Waals surface area contributed by atoms with Crippen LogP contribution in [0.3, 0.4) is 0 Å². The number of halogens is 1. The number of ether oxygens (including phenoxy) is 1. The molecule has 64 valence electrons. The van der Waals surface area contributed by atoms with Crippen molar-refractivity contribution in [2.24, 2.45) is 0 Å². The molecule has 0 spiro atoms. The maximum Gasteiger partial charge on any atom is 0.119 e. The fraction of sp³-hybridized carbons (Fsp3) is 0.111. The van der Waals surface area contributed by atoms with Gasteiger partial charge in [-0.1, -0.05) is 11.6 Å². The molecule has 0 aromatic heterocycles. The van der Waals surface area contributed by atoms with E-state index >= 15 is 0 Å². The Hall–Kier alpha value is -1.15. The molecule has 2 N–H and O–H groups in total. The molecule has 0 heterocycles. The molecule has 0 amide bonds. The second kappa shape index (κ2) is 4.67. The third-order valence-electron chi connectivity index (χ3n) is 1.32. The highest BCUT2D eigenvalue weighted by molar-refractivity contribution is 6.25. The number of nitrogens with two attached hydrogens (primary N) is 1. The van der Waals surface area contributed by atoms with E-state index < -0.39 is 0 Å². The van der Waals surface area contributed by atoms with Crippen molar-refractivity contribution in [2.75, 3.05) is 12.3 Å². The molecule has 1 aromatic carbocycles. The maximum absolute atomic E-state index is 5.49. The van der Waals surface area contributed by atoms with E-state index in [9.17, 15) is 0 Å². The molecular weight excluding hydrogens is 174 g/mol. The summed E-state index contributed by atoms with van der Waals surface area (Å²) in [6.45, 7) is 0.480. The van der Waals surface area contributed by atoms with Crippen molar-refractivity contribution in [1.29, 1.82) is 0 Å². The number of nitrogen functional groups attached to an aromatic ring is 1. The van der Waals surface area contributed by atoms with E-state index in [0.717, 1.165) is 11.4 Å². The smallest absolute Gasteiger partial charge is 0.119 e. The first-order valence-electron chi connectivity index (χ1n) is 3.56. The highest BCUT2D eigenvalue weighted by atomic mass is 35.5. The van der Waals surface area contributed by atoms with Crippen LogP contribution in [0.2, 0.25) is 0 Å². The lowest BCUT2D eigenvalue weighted by Crippen LogP contribution is -1.93. The van der Waals surface area contributed by atoms with Gasteiger partial charge < -0.3 is 10.5 Å². The molecule has 0 unspecified atom stereocenters. The lowest BCUT2D eigenvalue weighted by molar-refractivity contribution is 0.363. The highest BCUT2D eigenvalue weighted by Gasteiger charge is 1.89. The predicted molar refractivity (Wildman–Crippen MR) is 51.3 cm³/mol. The zero-order valence-corrected chi connectivity index (χ0v) is 7.29. The molecule has 0 radical (unpaired) electrons. The second-order valence-corrected chi connectivity index (χ2v) is 2.49. The van der Waals surface area contributed by atoms with Crippen LogP contribution in [0.4, 0.5) is 5.69 Å². The molecule has 3 heteroatoms. The van der Waals surface area contributed by atoms with Crippen molar-refractivity contribution in [1.82, 2.24) is 0 Å². The molecule has 0 aliphatic carbocycles. The number of benzene rings is 1. The molecule has 1 aromatic rings. The first-order chi connectivity index (χ1) is 5.83. The van der Waals surface area contributed by atoms with Crippen LogP contribution in [-0.2, 0) is 0 Å². The van der Waals surface area contributed by atoms with Gasteiger partial charge in [0, 0.05) is 11.2 Å². The van der Waals surface area contributed by atoms with Gasteiger partial charge in [0.25, 0.3) is 0 Å². The Bertz CT molecular complexity index is 256. The van der Waals surface area contributed by atoms with Gasteiger partial charge in [-0.05, 0) is 30.3 Å². The van der Waals surface area contributed by atoms with Gasteiger partial charge in [0.2, 0.25) is 0 Å². The van der Waals surface area contributed by atoms with Crippen molar-refractivity contribution in [3.05, 3.63) is 35.9 Å². The summed E-state index contributed by atoms with van der Waals surface area (Å²) >= 11 is 5.31. The predicted octanol–water partition coefficient (Wildman–Crippen LogP) is 2.40. The zero-order chi connectivity index (χ0) is 8.81. The third-order valence-corrected chi connectivity index (χ3v) is 1.49. The van der Waals surface area contributed by atoms with Crippen molar-refractivity contribution in [3.63, 3.8) is 0 Å². The maximum atomic E-state index is 5.49. The van der Waals surface area contributed by atoms with Gasteiger partial charge in [-0.3, -0.25) is 0 Å². The monoisotopic (exact) mass is 183 g/mol. The first-order valence-corrected chi connectivity index (χ1v) is 4.00. The Kier molecular flexibility index (Phi) is 3.48. The number of rotatable bonds is 3. The van der Waals surface area contributed by atoms with Crippen LogP contribution in [0, 0.1) is 0 Å². The molecular formula is C9H10ClNO. The largest absolute Gasteiger partial charge is 0.490 e. The number of anilines is 1. The lowest BCUT2D eigenvalue weighted by atomic mass is 10.3. The van der Waals surface area contributed by atoms with Crippen molar-refractivity contribution in [2.45, 2.75) is 0 Å². The van der Waals surface area contributed by atoms with E-state index in [4.69, 9.17) is 22.1 Å². The van der Waals surface area contributed by atoms with Gasteiger partial charge in [0.15, 0.2) is 0 Å². The van der Waals surface area contributed by atoms with Crippen LogP contribution in [0.15, 0.2) is 35.9 Å². The van der Waals surface area contributed by atoms with Crippen LogP contribution < -0.4 is 10.5 Å².